The quantitative estimate of drug-likeness (QED) is 0.804. The molecule has 0 amide bonds. The third-order valence-electron chi connectivity index (χ3n) is 3.24. The summed E-state index contributed by atoms with van der Waals surface area (Å²) in [6, 6.07) is 12.3. The van der Waals surface area contributed by atoms with E-state index in [-0.39, 0.29) is 18.5 Å². The van der Waals surface area contributed by atoms with Crippen LogP contribution in [0.4, 0.5) is 0 Å². The Balaban J connectivity index is 0.00000133. The second kappa shape index (κ2) is 6.27. The molecule has 0 N–H and O–H groups in total. The van der Waals surface area contributed by atoms with Crippen molar-refractivity contribution in [2.75, 3.05) is 0 Å². The molecule has 0 spiro atoms. The van der Waals surface area contributed by atoms with E-state index in [1.54, 1.807) is 6.20 Å². The number of benzene rings is 1. The predicted molar refractivity (Wildman–Crippen MR) is 79.3 cm³/mol. The molecule has 1 aliphatic rings. The maximum absolute atomic E-state index is 6.00. The topological polar surface area (TPSA) is 22.1 Å². The number of halogens is 2. The lowest BCUT2D eigenvalue weighted by Gasteiger charge is -2.13. The van der Waals surface area contributed by atoms with E-state index in [1.807, 2.05) is 12.1 Å². The molecule has 0 aliphatic heterocycles. The number of aromatic nitrogens is 1. The van der Waals surface area contributed by atoms with Crippen LogP contribution in [0, 0.1) is 0 Å². The summed E-state index contributed by atoms with van der Waals surface area (Å²) < 4.78 is 6.00. The van der Waals surface area contributed by atoms with Crippen LogP contribution in [0.2, 0.25) is 0 Å². The number of ether oxygens (including phenoxy) is 1. The van der Waals surface area contributed by atoms with Crippen LogP contribution < -0.4 is 4.74 Å². The molecule has 100 valence electrons. The summed E-state index contributed by atoms with van der Waals surface area (Å²) in [5.41, 5.74) is 3.65. The molecule has 0 saturated heterocycles. The standard InChI is InChI=1S/C15H14ClNO.ClH/c16-10-13-9-14(5-6-17-13)18-15-7-11-3-1-2-4-12(11)8-15;/h1-6,9,15H,7-8,10H2;1H. The minimum atomic E-state index is 0. The number of fused-ring (bicyclic) bond motifs is 1. The average Bonchev–Trinajstić information content (AvgIpc) is 2.81. The monoisotopic (exact) mass is 295 g/mol. The molecule has 0 saturated carbocycles. The third-order valence-corrected chi connectivity index (χ3v) is 3.52. The Morgan fingerprint density at radius 2 is 1.84 bits per heavy atom. The number of nitrogens with zero attached hydrogens (tertiary/aromatic N) is 1. The Hall–Kier alpha value is -1.25. The van der Waals surface area contributed by atoms with Crippen molar-refractivity contribution < 1.29 is 4.74 Å². The Labute approximate surface area is 124 Å². The highest BCUT2D eigenvalue weighted by atomic mass is 35.5. The summed E-state index contributed by atoms with van der Waals surface area (Å²) in [4.78, 5) is 4.16. The van der Waals surface area contributed by atoms with E-state index in [0.717, 1.165) is 24.3 Å². The van der Waals surface area contributed by atoms with Crippen LogP contribution >= 0.6 is 24.0 Å². The smallest absolute Gasteiger partial charge is 0.123 e. The molecule has 0 atom stereocenters. The maximum atomic E-state index is 6.00. The Kier molecular flexibility index (Phi) is 4.67. The lowest BCUT2D eigenvalue weighted by Crippen LogP contribution is -2.16. The molecule has 4 heteroatoms. The van der Waals surface area contributed by atoms with Crippen LogP contribution in [0.3, 0.4) is 0 Å². The Morgan fingerprint density at radius 1 is 1.16 bits per heavy atom. The lowest BCUT2D eigenvalue weighted by atomic mass is 10.1. The van der Waals surface area contributed by atoms with Crippen LogP contribution in [0.25, 0.3) is 0 Å². The van der Waals surface area contributed by atoms with Crippen molar-refractivity contribution in [3.8, 4) is 5.75 Å². The number of hydrogen-bond acceptors (Lipinski definition) is 2. The zero-order chi connectivity index (χ0) is 12.4. The van der Waals surface area contributed by atoms with Crippen LogP contribution in [-0.2, 0) is 18.7 Å². The summed E-state index contributed by atoms with van der Waals surface area (Å²) in [6.07, 6.45) is 3.94. The summed E-state index contributed by atoms with van der Waals surface area (Å²) in [7, 11) is 0. The molecule has 1 aromatic carbocycles. The normalized spacial score (nSPS) is 13.7. The molecule has 0 fully saturated rings. The zero-order valence-electron chi connectivity index (χ0n) is 10.4. The minimum absolute atomic E-state index is 0. The van der Waals surface area contributed by atoms with Gasteiger partial charge in [0.2, 0.25) is 0 Å². The minimum Gasteiger partial charge on any atom is -0.490 e. The van der Waals surface area contributed by atoms with E-state index < -0.39 is 0 Å². The highest BCUT2D eigenvalue weighted by molar-refractivity contribution is 6.16. The van der Waals surface area contributed by atoms with Gasteiger partial charge in [-0.25, -0.2) is 0 Å². The van der Waals surface area contributed by atoms with Crippen molar-refractivity contribution >= 4 is 24.0 Å². The highest BCUT2D eigenvalue weighted by Crippen LogP contribution is 2.25. The number of rotatable bonds is 3. The Bertz CT molecular complexity index is 534. The van der Waals surface area contributed by atoms with Crippen LogP contribution in [-0.4, -0.2) is 11.1 Å². The first-order valence-corrected chi connectivity index (χ1v) is 6.63. The van der Waals surface area contributed by atoms with Gasteiger partial charge >= 0.3 is 0 Å². The van der Waals surface area contributed by atoms with Crippen molar-refractivity contribution in [1.82, 2.24) is 4.98 Å². The molecule has 2 nitrogen and oxygen atoms in total. The fraction of sp³-hybridized carbons (Fsp3) is 0.267. The maximum Gasteiger partial charge on any atom is 0.123 e. The SMILES string of the molecule is Cl.ClCc1cc(OC2Cc3ccccc3C2)ccn1. The fourth-order valence-corrected chi connectivity index (χ4v) is 2.54. The molecule has 0 bridgehead atoms. The van der Waals surface area contributed by atoms with Crippen molar-refractivity contribution in [2.24, 2.45) is 0 Å². The second-order valence-electron chi connectivity index (χ2n) is 4.53. The van der Waals surface area contributed by atoms with Crippen LogP contribution in [0.15, 0.2) is 42.6 Å². The van der Waals surface area contributed by atoms with Gasteiger partial charge < -0.3 is 4.74 Å². The molecule has 2 aromatic rings. The van der Waals surface area contributed by atoms with E-state index in [1.165, 1.54) is 11.1 Å². The van der Waals surface area contributed by atoms with Gasteiger partial charge in [-0.05, 0) is 17.2 Å². The predicted octanol–water partition coefficient (Wildman–Crippen LogP) is 3.79. The van der Waals surface area contributed by atoms with Gasteiger partial charge in [0, 0.05) is 25.1 Å². The first-order chi connectivity index (χ1) is 8.85. The van der Waals surface area contributed by atoms with E-state index in [0.29, 0.717) is 5.88 Å². The van der Waals surface area contributed by atoms with Gasteiger partial charge in [0.1, 0.15) is 11.9 Å². The van der Waals surface area contributed by atoms with E-state index >= 15 is 0 Å². The van der Waals surface area contributed by atoms with Crippen molar-refractivity contribution in [3.05, 3.63) is 59.4 Å². The van der Waals surface area contributed by atoms with E-state index in [9.17, 15) is 0 Å². The number of hydrogen-bond donors (Lipinski definition) is 0. The summed E-state index contributed by atoms with van der Waals surface area (Å²) >= 11 is 5.77. The van der Waals surface area contributed by atoms with Crippen molar-refractivity contribution in [2.45, 2.75) is 24.8 Å². The summed E-state index contributed by atoms with van der Waals surface area (Å²) in [5, 5.41) is 0. The van der Waals surface area contributed by atoms with Gasteiger partial charge in [0.25, 0.3) is 0 Å². The Morgan fingerprint density at radius 3 is 2.47 bits per heavy atom. The molecule has 1 aromatic heterocycles. The van der Waals surface area contributed by atoms with Crippen LogP contribution in [0.1, 0.15) is 16.8 Å². The fourth-order valence-electron chi connectivity index (χ4n) is 2.40. The molecule has 1 heterocycles. The number of pyridine rings is 1. The third kappa shape index (κ3) is 3.20. The summed E-state index contributed by atoms with van der Waals surface area (Å²) in [6.45, 7) is 0. The van der Waals surface area contributed by atoms with Gasteiger partial charge in [0.15, 0.2) is 0 Å². The van der Waals surface area contributed by atoms with Crippen molar-refractivity contribution in [3.63, 3.8) is 0 Å². The highest BCUT2D eigenvalue weighted by Gasteiger charge is 2.22. The van der Waals surface area contributed by atoms with Crippen molar-refractivity contribution in [1.29, 1.82) is 0 Å². The van der Waals surface area contributed by atoms with Crippen LogP contribution in [0.5, 0.6) is 5.75 Å². The molecule has 3 rings (SSSR count). The second-order valence-corrected chi connectivity index (χ2v) is 4.80. The molecule has 1 aliphatic carbocycles. The van der Waals surface area contributed by atoms with Gasteiger partial charge in [0.05, 0.1) is 11.6 Å². The molecule has 19 heavy (non-hydrogen) atoms. The van der Waals surface area contributed by atoms with Gasteiger partial charge in [-0.2, -0.15) is 0 Å². The number of alkyl halides is 1. The van der Waals surface area contributed by atoms with E-state index in [2.05, 4.69) is 29.2 Å². The zero-order valence-corrected chi connectivity index (χ0v) is 12.0. The average molecular weight is 296 g/mol. The van der Waals surface area contributed by atoms with Gasteiger partial charge in [-0.15, -0.1) is 24.0 Å². The lowest BCUT2D eigenvalue weighted by molar-refractivity contribution is 0.213. The molecular formula is C15H15Cl2NO. The van der Waals surface area contributed by atoms with Gasteiger partial charge in [-0.1, -0.05) is 24.3 Å². The van der Waals surface area contributed by atoms with Gasteiger partial charge in [-0.3, -0.25) is 4.98 Å². The van der Waals surface area contributed by atoms with E-state index in [4.69, 9.17) is 16.3 Å². The largest absolute Gasteiger partial charge is 0.490 e. The first-order valence-electron chi connectivity index (χ1n) is 6.09. The first kappa shape index (κ1) is 14.2. The molecule has 0 unspecified atom stereocenters. The molecule has 0 radical (unpaired) electrons. The molecular weight excluding hydrogens is 281 g/mol. The summed E-state index contributed by atoms with van der Waals surface area (Å²) in [5.74, 6) is 1.28.